The van der Waals surface area contributed by atoms with Crippen LogP contribution in [0.3, 0.4) is 0 Å². The average Bonchev–Trinajstić information content (AvgIpc) is 2.76. The van der Waals surface area contributed by atoms with Crippen LogP contribution >= 0.6 is 0 Å². The Morgan fingerprint density at radius 3 is 2.40 bits per heavy atom. The van der Waals surface area contributed by atoms with Crippen molar-refractivity contribution in [1.82, 2.24) is 0 Å². The fourth-order valence-corrected chi connectivity index (χ4v) is 4.32. The average molecular weight is 412 g/mol. The molecule has 3 aromatic carbocycles. The van der Waals surface area contributed by atoms with Gasteiger partial charge >= 0.3 is 5.97 Å². The molecule has 0 amide bonds. The van der Waals surface area contributed by atoms with Gasteiger partial charge in [0.1, 0.15) is 11.6 Å². The third kappa shape index (κ3) is 4.07. The van der Waals surface area contributed by atoms with Crippen molar-refractivity contribution in [3.63, 3.8) is 0 Å². The van der Waals surface area contributed by atoms with Gasteiger partial charge in [-0.3, -0.25) is 0 Å². The number of hydrogen-bond donors (Lipinski definition) is 0. The lowest BCUT2D eigenvalue weighted by atomic mass is 9.78. The van der Waals surface area contributed by atoms with Crippen molar-refractivity contribution in [3.8, 4) is 5.75 Å². The van der Waals surface area contributed by atoms with E-state index in [9.17, 15) is 18.0 Å². The third-order valence-electron chi connectivity index (χ3n) is 6.20. The van der Waals surface area contributed by atoms with Crippen LogP contribution in [0.25, 0.3) is 10.8 Å². The molecule has 0 aliphatic heterocycles. The fraction of sp³-hybridized carbons (Fsp3) is 0.320. The maximum absolute atomic E-state index is 14.7. The normalized spacial score (nSPS) is 19.1. The second-order valence-corrected chi connectivity index (χ2v) is 8.00. The maximum Gasteiger partial charge on any atom is 0.346 e. The van der Waals surface area contributed by atoms with E-state index >= 15 is 0 Å². The number of fused-ring (bicyclic) bond motifs is 1. The monoisotopic (exact) mass is 412 g/mol. The Balaban J connectivity index is 1.50. The fourth-order valence-electron chi connectivity index (χ4n) is 4.32. The summed E-state index contributed by atoms with van der Waals surface area (Å²) in [4.78, 5) is 12.5. The number of carbonyl (C=O) groups is 1. The molecule has 0 radical (unpaired) electrons. The van der Waals surface area contributed by atoms with Gasteiger partial charge in [0.2, 0.25) is 0 Å². The lowest BCUT2D eigenvalue weighted by Gasteiger charge is -2.28. The molecular weight excluding hydrogens is 389 g/mol. The molecule has 0 N–H and O–H groups in total. The minimum absolute atomic E-state index is 0.0862. The van der Waals surface area contributed by atoms with Gasteiger partial charge in [0.25, 0.3) is 0 Å². The van der Waals surface area contributed by atoms with E-state index in [4.69, 9.17) is 4.74 Å². The van der Waals surface area contributed by atoms with Crippen molar-refractivity contribution < 1.29 is 22.7 Å². The van der Waals surface area contributed by atoms with E-state index in [1.54, 1.807) is 6.07 Å². The van der Waals surface area contributed by atoms with E-state index in [1.165, 1.54) is 42.8 Å². The molecular formula is C25H23F3O2. The molecule has 1 aliphatic carbocycles. The molecule has 1 aliphatic rings. The number of esters is 1. The Hall–Kier alpha value is -2.82. The van der Waals surface area contributed by atoms with Gasteiger partial charge in [-0.25, -0.2) is 18.0 Å². The molecule has 0 saturated heterocycles. The number of hydrogen-bond acceptors (Lipinski definition) is 2. The van der Waals surface area contributed by atoms with E-state index in [-0.39, 0.29) is 16.7 Å². The summed E-state index contributed by atoms with van der Waals surface area (Å²) >= 11 is 0. The van der Waals surface area contributed by atoms with Gasteiger partial charge in [-0.05, 0) is 84.9 Å². The maximum atomic E-state index is 14.7. The first kappa shape index (κ1) is 20.5. The van der Waals surface area contributed by atoms with Crippen LogP contribution in [0.2, 0.25) is 0 Å². The molecule has 156 valence electrons. The summed E-state index contributed by atoms with van der Waals surface area (Å²) in [6.45, 7) is 2.20. The summed E-state index contributed by atoms with van der Waals surface area (Å²) in [7, 11) is 0. The van der Waals surface area contributed by atoms with E-state index in [1.807, 2.05) is 0 Å². The molecule has 0 spiro atoms. The van der Waals surface area contributed by atoms with E-state index in [2.05, 4.69) is 6.92 Å². The van der Waals surface area contributed by atoms with Crippen LogP contribution in [-0.4, -0.2) is 5.97 Å². The van der Waals surface area contributed by atoms with Crippen LogP contribution in [0.5, 0.6) is 5.75 Å². The summed E-state index contributed by atoms with van der Waals surface area (Å²) < 4.78 is 47.1. The molecule has 0 unspecified atom stereocenters. The second kappa shape index (κ2) is 8.50. The molecule has 4 rings (SSSR count). The zero-order valence-corrected chi connectivity index (χ0v) is 16.8. The van der Waals surface area contributed by atoms with E-state index in [0.717, 1.165) is 43.2 Å². The number of rotatable bonds is 4. The van der Waals surface area contributed by atoms with Crippen molar-refractivity contribution in [2.75, 3.05) is 0 Å². The summed E-state index contributed by atoms with van der Waals surface area (Å²) in [5.41, 5.74) is 0.771. The van der Waals surface area contributed by atoms with Crippen LogP contribution in [0, 0.1) is 23.4 Å². The van der Waals surface area contributed by atoms with Crippen molar-refractivity contribution in [2.45, 2.75) is 44.9 Å². The van der Waals surface area contributed by atoms with Gasteiger partial charge in [0.15, 0.2) is 11.6 Å². The highest BCUT2D eigenvalue weighted by atomic mass is 19.2. The first-order valence-corrected chi connectivity index (χ1v) is 10.4. The molecule has 2 nitrogen and oxygen atoms in total. The third-order valence-corrected chi connectivity index (χ3v) is 6.20. The first-order valence-electron chi connectivity index (χ1n) is 10.4. The smallest absolute Gasteiger partial charge is 0.346 e. The second-order valence-electron chi connectivity index (χ2n) is 8.00. The van der Waals surface area contributed by atoms with Gasteiger partial charge < -0.3 is 4.74 Å². The SMILES string of the molecule is CCC1CCC(c2ccc(C(=O)Oc3ccc4c(F)c(F)ccc4c3)c(F)c2)CC1. The minimum atomic E-state index is -0.958. The Bertz CT molecular complexity index is 1090. The van der Waals surface area contributed by atoms with Crippen LogP contribution in [0.1, 0.15) is 60.9 Å². The quantitative estimate of drug-likeness (QED) is 0.336. The Morgan fingerprint density at radius 2 is 1.70 bits per heavy atom. The van der Waals surface area contributed by atoms with Crippen LogP contribution in [-0.2, 0) is 0 Å². The summed E-state index contributed by atoms with van der Waals surface area (Å²) in [6.07, 6.45) is 5.56. The molecule has 1 fully saturated rings. The van der Waals surface area contributed by atoms with Gasteiger partial charge in [-0.15, -0.1) is 0 Å². The topological polar surface area (TPSA) is 26.3 Å². The zero-order valence-electron chi connectivity index (χ0n) is 16.8. The van der Waals surface area contributed by atoms with E-state index in [0.29, 0.717) is 11.3 Å². The molecule has 0 bridgehead atoms. The summed E-state index contributed by atoms with van der Waals surface area (Å²) in [6, 6.07) is 11.2. The zero-order chi connectivity index (χ0) is 21.3. The molecule has 30 heavy (non-hydrogen) atoms. The molecule has 0 aromatic heterocycles. The number of halogens is 3. The van der Waals surface area contributed by atoms with Crippen LogP contribution < -0.4 is 4.74 Å². The number of carbonyl (C=O) groups excluding carboxylic acids is 1. The Morgan fingerprint density at radius 1 is 0.933 bits per heavy atom. The van der Waals surface area contributed by atoms with Crippen molar-refractivity contribution in [2.24, 2.45) is 5.92 Å². The van der Waals surface area contributed by atoms with Gasteiger partial charge in [0, 0.05) is 5.39 Å². The molecule has 3 aromatic rings. The minimum Gasteiger partial charge on any atom is -0.423 e. The van der Waals surface area contributed by atoms with Gasteiger partial charge in [0.05, 0.1) is 5.56 Å². The van der Waals surface area contributed by atoms with Crippen LogP contribution in [0.15, 0.2) is 48.5 Å². The predicted octanol–water partition coefficient (Wildman–Crippen LogP) is 7.16. The molecule has 1 saturated carbocycles. The molecule has 5 heteroatoms. The highest BCUT2D eigenvalue weighted by molar-refractivity contribution is 5.92. The Labute approximate surface area is 173 Å². The van der Waals surface area contributed by atoms with E-state index < -0.39 is 23.4 Å². The lowest BCUT2D eigenvalue weighted by Crippen LogP contribution is -2.14. The largest absolute Gasteiger partial charge is 0.423 e. The summed E-state index contributed by atoms with van der Waals surface area (Å²) in [5, 5.41) is 0.473. The summed E-state index contributed by atoms with van der Waals surface area (Å²) in [5.74, 6) is -2.12. The molecule has 0 atom stereocenters. The van der Waals surface area contributed by atoms with Crippen molar-refractivity contribution >= 4 is 16.7 Å². The van der Waals surface area contributed by atoms with Crippen molar-refractivity contribution in [1.29, 1.82) is 0 Å². The highest BCUT2D eigenvalue weighted by Crippen LogP contribution is 2.37. The predicted molar refractivity (Wildman–Crippen MR) is 110 cm³/mol. The molecule has 0 heterocycles. The Kier molecular flexibility index (Phi) is 5.80. The van der Waals surface area contributed by atoms with Gasteiger partial charge in [-0.1, -0.05) is 25.5 Å². The highest BCUT2D eigenvalue weighted by Gasteiger charge is 2.23. The number of benzene rings is 3. The van der Waals surface area contributed by atoms with Crippen LogP contribution in [0.4, 0.5) is 13.2 Å². The van der Waals surface area contributed by atoms with Gasteiger partial charge in [-0.2, -0.15) is 0 Å². The number of ether oxygens (including phenoxy) is 1. The standard InChI is InChI=1S/C25H23F3O2/c1-2-15-3-5-16(6-4-15)17-7-10-21(23(27)14-17)25(29)30-19-9-11-20-18(13-19)8-12-22(26)24(20)28/h7-16H,2-6H2,1H3. The first-order chi connectivity index (χ1) is 14.5. The lowest BCUT2D eigenvalue weighted by molar-refractivity contribution is 0.0730. The van der Waals surface area contributed by atoms with Crippen molar-refractivity contribution in [3.05, 3.63) is 77.1 Å².